The molecule has 0 unspecified atom stereocenters. The number of benzene rings is 1. The van der Waals surface area contributed by atoms with Crippen molar-refractivity contribution in [2.24, 2.45) is 0 Å². The zero-order valence-electron chi connectivity index (χ0n) is 10.5. The second-order valence-corrected chi connectivity index (χ2v) is 4.13. The SMILES string of the molecule is CCCCN(C(=O)c1cn[nH]c1)c1ccccc1. The number of anilines is 1. The molecule has 0 spiro atoms. The maximum atomic E-state index is 12.4. The molecular formula is C14H17N3O. The summed E-state index contributed by atoms with van der Waals surface area (Å²) in [4.78, 5) is 14.2. The Bertz CT molecular complexity index is 479. The van der Waals surface area contributed by atoms with E-state index in [9.17, 15) is 4.79 Å². The maximum Gasteiger partial charge on any atom is 0.261 e. The molecule has 0 aliphatic carbocycles. The Kier molecular flexibility index (Phi) is 4.12. The van der Waals surface area contributed by atoms with Crippen LogP contribution in [0.4, 0.5) is 5.69 Å². The Hall–Kier alpha value is -2.10. The van der Waals surface area contributed by atoms with Crippen molar-refractivity contribution in [3.05, 3.63) is 48.3 Å². The van der Waals surface area contributed by atoms with Crippen LogP contribution in [0, 0.1) is 0 Å². The predicted molar refractivity (Wildman–Crippen MR) is 71.6 cm³/mol. The number of hydrogen-bond donors (Lipinski definition) is 1. The van der Waals surface area contributed by atoms with Gasteiger partial charge >= 0.3 is 0 Å². The van der Waals surface area contributed by atoms with Crippen molar-refractivity contribution in [3.63, 3.8) is 0 Å². The first-order chi connectivity index (χ1) is 8.83. The summed E-state index contributed by atoms with van der Waals surface area (Å²) in [6, 6.07) is 9.74. The molecule has 0 fully saturated rings. The third-order valence-corrected chi connectivity index (χ3v) is 2.79. The molecule has 1 N–H and O–H groups in total. The largest absolute Gasteiger partial charge is 0.308 e. The van der Waals surface area contributed by atoms with Crippen molar-refractivity contribution in [1.82, 2.24) is 10.2 Å². The van der Waals surface area contributed by atoms with E-state index in [0.717, 1.165) is 25.1 Å². The summed E-state index contributed by atoms with van der Waals surface area (Å²) in [7, 11) is 0. The lowest BCUT2D eigenvalue weighted by atomic mass is 10.2. The van der Waals surface area contributed by atoms with Gasteiger partial charge in [0.05, 0.1) is 11.8 Å². The number of hydrogen-bond acceptors (Lipinski definition) is 2. The van der Waals surface area contributed by atoms with Crippen LogP contribution in [0.1, 0.15) is 30.1 Å². The van der Waals surface area contributed by atoms with E-state index in [-0.39, 0.29) is 5.91 Å². The average Bonchev–Trinajstić information content (AvgIpc) is 2.94. The van der Waals surface area contributed by atoms with Gasteiger partial charge in [0.2, 0.25) is 0 Å². The molecular weight excluding hydrogens is 226 g/mol. The van der Waals surface area contributed by atoms with Crippen molar-refractivity contribution in [2.45, 2.75) is 19.8 Å². The van der Waals surface area contributed by atoms with E-state index in [0.29, 0.717) is 5.56 Å². The Morgan fingerprint density at radius 3 is 2.72 bits per heavy atom. The van der Waals surface area contributed by atoms with Crippen LogP contribution in [-0.4, -0.2) is 22.6 Å². The summed E-state index contributed by atoms with van der Waals surface area (Å²) in [6.07, 6.45) is 5.23. The fraction of sp³-hybridized carbons (Fsp3) is 0.286. The predicted octanol–water partition coefficient (Wildman–Crippen LogP) is 2.86. The number of aromatic amines is 1. The van der Waals surface area contributed by atoms with Gasteiger partial charge in [-0.05, 0) is 18.6 Å². The number of aromatic nitrogens is 2. The first kappa shape index (κ1) is 12.4. The molecule has 1 aromatic carbocycles. The number of H-pyrrole nitrogens is 1. The van der Waals surface area contributed by atoms with Crippen molar-refractivity contribution in [1.29, 1.82) is 0 Å². The number of nitrogens with zero attached hydrogens (tertiary/aromatic N) is 2. The summed E-state index contributed by atoms with van der Waals surface area (Å²) in [5.74, 6) is -0.0107. The number of rotatable bonds is 5. The molecule has 0 saturated carbocycles. The van der Waals surface area contributed by atoms with Crippen LogP contribution in [0.2, 0.25) is 0 Å². The molecule has 0 saturated heterocycles. The zero-order valence-corrected chi connectivity index (χ0v) is 10.5. The number of para-hydroxylation sites is 1. The van der Waals surface area contributed by atoms with Crippen LogP contribution in [0.15, 0.2) is 42.7 Å². The Morgan fingerprint density at radius 1 is 1.33 bits per heavy atom. The first-order valence-electron chi connectivity index (χ1n) is 6.18. The van der Waals surface area contributed by atoms with E-state index in [2.05, 4.69) is 17.1 Å². The fourth-order valence-electron chi connectivity index (χ4n) is 1.80. The molecule has 4 nitrogen and oxygen atoms in total. The third-order valence-electron chi connectivity index (χ3n) is 2.79. The number of carbonyl (C=O) groups excluding carboxylic acids is 1. The summed E-state index contributed by atoms with van der Waals surface area (Å²) in [5.41, 5.74) is 1.52. The van der Waals surface area contributed by atoms with E-state index in [4.69, 9.17) is 0 Å². The van der Waals surface area contributed by atoms with Crippen LogP contribution in [-0.2, 0) is 0 Å². The van der Waals surface area contributed by atoms with Gasteiger partial charge in [0.15, 0.2) is 0 Å². The lowest BCUT2D eigenvalue weighted by molar-refractivity contribution is 0.0986. The van der Waals surface area contributed by atoms with Gasteiger partial charge in [-0.3, -0.25) is 9.89 Å². The minimum Gasteiger partial charge on any atom is -0.308 e. The molecule has 0 bridgehead atoms. The van der Waals surface area contributed by atoms with Crippen LogP contribution in [0.25, 0.3) is 0 Å². The molecule has 94 valence electrons. The number of nitrogens with one attached hydrogen (secondary N) is 1. The zero-order chi connectivity index (χ0) is 12.8. The molecule has 4 heteroatoms. The lowest BCUT2D eigenvalue weighted by Crippen LogP contribution is -2.31. The third kappa shape index (κ3) is 2.77. The highest BCUT2D eigenvalue weighted by Gasteiger charge is 2.17. The highest BCUT2D eigenvalue weighted by Crippen LogP contribution is 2.17. The van der Waals surface area contributed by atoms with Gasteiger partial charge < -0.3 is 4.90 Å². The molecule has 1 amide bonds. The molecule has 2 aromatic rings. The van der Waals surface area contributed by atoms with Crippen LogP contribution in [0.3, 0.4) is 0 Å². The van der Waals surface area contributed by atoms with Crippen molar-refractivity contribution in [2.75, 3.05) is 11.4 Å². The van der Waals surface area contributed by atoms with Gasteiger partial charge in [-0.1, -0.05) is 31.5 Å². The molecule has 0 radical (unpaired) electrons. The average molecular weight is 243 g/mol. The van der Waals surface area contributed by atoms with E-state index >= 15 is 0 Å². The second kappa shape index (κ2) is 6.00. The minimum atomic E-state index is -0.0107. The maximum absolute atomic E-state index is 12.4. The number of unbranched alkanes of at least 4 members (excludes halogenated alkanes) is 1. The molecule has 1 heterocycles. The Balaban J connectivity index is 2.23. The van der Waals surface area contributed by atoms with Crippen molar-refractivity contribution in [3.8, 4) is 0 Å². The smallest absolute Gasteiger partial charge is 0.261 e. The summed E-state index contributed by atoms with van der Waals surface area (Å²) < 4.78 is 0. The van der Waals surface area contributed by atoms with Gasteiger partial charge in [0.1, 0.15) is 0 Å². The topological polar surface area (TPSA) is 49.0 Å². The van der Waals surface area contributed by atoms with Gasteiger partial charge in [0, 0.05) is 18.4 Å². The van der Waals surface area contributed by atoms with Gasteiger partial charge in [-0.25, -0.2) is 0 Å². The van der Waals surface area contributed by atoms with Crippen LogP contribution in [0.5, 0.6) is 0 Å². The first-order valence-corrected chi connectivity index (χ1v) is 6.18. The lowest BCUT2D eigenvalue weighted by Gasteiger charge is -2.22. The van der Waals surface area contributed by atoms with Gasteiger partial charge in [-0.2, -0.15) is 5.10 Å². The quantitative estimate of drug-likeness (QED) is 0.877. The van der Waals surface area contributed by atoms with Crippen molar-refractivity contribution < 1.29 is 4.79 Å². The normalized spacial score (nSPS) is 10.3. The molecule has 0 aliphatic heterocycles. The summed E-state index contributed by atoms with van der Waals surface area (Å²) in [5, 5.41) is 6.50. The summed E-state index contributed by atoms with van der Waals surface area (Å²) in [6.45, 7) is 2.84. The van der Waals surface area contributed by atoms with Crippen LogP contribution >= 0.6 is 0 Å². The van der Waals surface area contributed by atoms with Gasteiger partial charge in [0.25, 0.3) is 5.91 Å². The molecule has 2 rings (SSSR count). The molecule has 0 atom stereocenters. The van der Waals surface area contributed by atoms with E-state index in [1.54, 1.807) is 17.3 Å². The number of amides is 1. The molecule has 18 heavy (non-hydrogen) atoms. The monoisotopic (exact) mass is 243 g/mol. The standard InChI is InChI=1S/C14H17N3O/c1-2-3-9-17(13-7-5-4-6-8-13)14(18)12-10-15-16-11-12/h4-8,10-11H,2-3,9H2,1H3,(H,15,16). The van der Waals surface area contributed by atoms with Crippen LogP contribution < -0.4 is 4.90 Å². The molecule has 1 aromatic heterocycles. The highest BCUT2D eigenvalue weighted by atomic mass is 16.2. The second-order valence-electron chi connectivity index (χ2n) is 4.13. The van der Waals surface area contributed by atoms with E-state index in [1.165, 1.54) is 0 Å². The Morgan fingerprint density at radius 2 is 2.11 bits per heavy atom. The summed E-state index contributed by atoms with van der Waals surface area (Å²) >= 11 is 0. The number of carbonyl (C=O) groups is 1. The highest BCUT2D eigenvalue weighted by molar-refractivity contribution is 6.05. The minimum absolute atomic E-state index is 0.0107. The van der Waals surface area contributed by atoms with Crippen molar-refractivity contribution >= 4 is 11.6 Å². The van der Waals surface area contributed by atoms with Gasteiger partial charge in [-0.15, -0.1) is 0 Å². The Labute approximate surface area is 107 Å². The van der Waals surface area contributed by atoms with E-state index < -0.39 is 0 Å². The molecule has 0 aliphatic rings. The van der Waals surface area contributed by atoms with E-state index in [1.807, 2.05) is 30.3 Å². The fourth-order valence-corrected chi connectivity index (χ4v) is 1.80.